The summed E-state index contributed by atoms with van der Waals surface area (Å²) in [7, 11) is -4.10. The van der Waals surface area contributed by atoms with Crippen molar-refractivity contribution in [3.05, 3.63) is 90.1 Å². The molecule has 3 N–H and O–H groups in total. The number of sulfonamides is 1. The number of H-pyrrole nitrogens is 1. The Morgan fingerprint density at radius 3 is 2.46 bits per heavy atom. The standard InChI is InChI=1S/C28H26N2O6S/c1-2-3-15-35-22-9-12-24(13-10-22)37(33,34)30-27(28(31)32)16-21-18-29-26-14-11-23(17-25(21)26)36-19-20-7-5-4-6-8-20/h4-14,17-18,27,29-30H,15-16,19H2,1H3,(H,31,32). The van der Waals surface area contributed by atoms with Crippen LogP contribution in [0.15, 0.2) is 83.9 Å². The second-order valence-corrected chi connectivity index (χ2v) is 9.91. The van der Waals surface area contributed by atoms with Crippen molar-refractivity contribution in [2.45, 2.75) is 30.9 Å². The quantitative estimate of drug-likeness (QED) is 0.257. The number of rotatable bonds is 11. The highest BCUT2D eigenvalue weighted by Crippen LogP contribution is 2.26. The number of hydrogen-bond acceptors (Lipinski definition) is 5. The van der Waals surface area contributed by atoms with Crippen molar-refractivity contribution in [3.63, 3.8) is 0 Å². The summed E-state index contributed by atoms with van der Waals surface area (Å²) in [5.41, 5.74) is 2.46. The maximum Gasteiger partial charge on any atom is 0.322 e. The van der Waals surface area contributed by atoms with Crippen molar-refractivity contribution in [3.8, 4) is 23.3 Å². The Bertz CT molecular complexity index is 1530. The van der Waals surface area contributed by atoms with Crippen LogP contribution in [0.4, 0.5) is 0 Å². The molecule has 8 nitrogen and oxygen atoms in total. The second kappa shape index (κ2) is 11.6. The molecule has 0 aliphatic heterocycles. The molecule has 1 aromatic heterocycles. The summed E-state index contributed by atoms with van der Waals surface area (Å²) < 4.78 is 39.4. The molecule has 0 radical (unpaired) electrons. The molecule has 1 atom stereocenters. The Hall–Kier alpha value is -4.26. The number of carboxylic acids is 1. The van der Waals surface area contributed by atoms with Gasteiger partial charge in [0.15, 0.2) is 0 Å². The van der Waals surface area contributed by atoms with Crippen LogP contribution in [0, 0.1) is 11.8 Å². The van der Waals surface area contributed by atoms with Gasteiger partial charge in [-0.05, 0) is 60.5 Å². The zero-order chi connectivity index (χ0) is 26.3. The molecule has 0 fully saturated rings. The Kier molecular flexibility index (Phi) is 8.13. The van der Waals surface area contributed by atoms with Crippen LogP contribution in [0.25, 0.3) is 10.9 Å². The van der Waals surface area contributed by atoms with E-state index in [1.165, 1.54) is 24.3 Å². The molecule has 1 unspecified atom stereocenters. The Labute approximate surface area is 215 Å². The fraction of sp³-hybridized carbons (Fsp3) is 0.179. The summed E-state index contributed by atoms with van der Waals surface area (Å²) in [6.07, 6.45) is 1.62. The molecule has 4 rings (SSSR count). The average Bonchev–Trinajstić information content (AvgIpc) is 3.30. The van der Waals surface area contributed by atoms with E-state index in [0.29, 0.717) is 23.7 Å². The third-order valence-electron chi connectivity index (χ3n) is 5.63. The summed E-state index contributed by atoms with van der Waals surface area (Å²) in [6.45, 7) is 2.27. The molecule has 9 heteroatoms. The van der Waals surface area contributed by atoms with E-state index in [0.717, 1.165) is 16.5 Å². The van der Waals surface area contributed by atoms with Crippen LogP contribution in [0.5, 0.6) is 11.5 Å². The first-order valence-corrected chi connectivity index (χ1v) is 13.0. The molecule has 0 aliphatic rings. The van der Waals surface area contributed by atoms with Gasteiger partial charge in [-0.25, -0.2) is 8.42 Å². The lowest BCUT2D eigenvalue weighted by atomic mass is 10.1. The summed E-state index contributed by atoms with van der Waals surface area (Å²) in [4.78, 5) is 15.0. The highest BCUT2D eigenvalue weighted by Gasteiger charge is 2.26. The summed E-state index contributed by atoms with van der Waals surface area (Å²) in [5.74, 6) is 5.25. The van der Waals surface area contributed by atoms with E-state index in [9.17, 15) is 18.3 Å². The number of fused-ring (bicyclic) bond motifs is 1. The minimum Gasteiger partial charge on any atom is -0.489 e. The molecule has 0 spiro atoms. The first-order valence-electron chi connectivity index (χ1n) is 11.5. The van der Waals surface area contributed by atoms with Gasteiger partial charge in [0.1, 0.15) is 30.8 Å². The van der Waals surface area contributed by atoms with Gasteiger partial charge in [-0.15, -0.1) is 5.92 Å². The Balaban J connectivity index is 1.48. The second-order valence-electron chi connectivity index (χ2n) is 8.20. The molecule has 190 valence electrons. The van der Waals surface area contributed by atoms with Crippen molar-refractivity contribution in [2.75, 3.05) is 6.61 Å². The molecule has 0 saturated carbocycles. The third kappa shape index (κ3) is 6.70. The van der Waals surface area contributed by atoms with Gasteiger partial charge in [-0.1, -0.05) is 36.3 Å². The fourth-order valence-corrected chi connectivity index (χ4v) is 4.91. The molecule has 0 saturated heterocycles. The van der Waals surface area contributed by atoms with Crippen LogP contribution in [0.3, 0.4) is 0 Å². The summed E-state index contributed by atoms with van der Waals surface area (Å²) >= 11 is 0. The maximum atomic E-state index is 12.9. The molecule has 0 amide bonds. The van der Waals surface area contributed by atoms with Gasteiger partial charge in [0.2, 0.25) is 10.0 Å². The van der Waals surface area contributed by atoms with E-state index in [1.54, 1.807) is 13.1 Å². The van der Waals surface area contributed by atoms with Gasteiger partial charge < -0.3 is 19.6 Å². The van der Waals surface area contributed by atoms with Crippen LogP contribution in [-0.2, 0) is 27.8 Å². The number of hydrogen-bond donors (Lipinski definition) is 3. The van der Waals surface area contributed by atoms with Gasteiger partial charge >= 0.3 is 5.97 Å². The Morgan fingerprint density at radius 2 is 1.76 bits per heavy atom. The van der Waals surface area contributed by atoms with E-state index in [-0.39, 0.29) is 17.9 Å². The summed E-state index contributed by atoms with van der Waals surface area (Å²) in [6, 6.07) is 19.5. The molecular weight excluding hydrogens is 492 g/mol. The van der Waals surface area contributed by atoms with Gasteiger partial charge in [0.25, 0.3) is 0 Å². The van der Waals surface area contributed by atoms with Gasteiger partial charge in [-0.3, -0.25) is 4.79 Å². The normalized spacial score (nSPS) is 11.9. The van der Waals surface area contributed by atoms with Crippen molar-refractivity contribution in [1.82, 2.24) is 9.71 Å². The number of ether oxygens (including phenoxy) is 2. The topological polar surface area (TPSA) is 118 Å². The Morgan fingerprint density at radius 1 is 1.03 bits per heavy atom. The maximum absolute atomic E-state index is 12.9. The van der Waals surface area contributed by atoms with Crippen molar-refractivity contribution >= 4 is 26.9 Å². The number of carbonyl (C=O) groups is 1. The van der Waals surface area contributed by atoms with Crippen molar-refractivity contribution in [1.29, 1.82) is 0 Å². The first-order chi connectivity index (χ1) is 17.9. The highest BCUT2D eigenvalue weighted by molar-refractivity contribution is 7.89. The number of nitrogens with one attached hydrogen (secondary N) is 2. The molecule has 0 aliphatic carbocycles. The van der Waals surface area contributed by atoms with Crippen LogP contribution in [0.1, 0.15) is 18.1 Å². The number of carboxylic acid groups (broad SMARTS) is 1. The van der Waals surface area contributed by atoms with E-state index < -0.39 is 22.0 Å². The predicted octanol–water partition coefficient (Wildman–Crippen LogP) is 4.12. The van der Waals surface area contributed by atoms with E-state index >= 15 is 0 Å². The fourth-order valence-electron chi connectivity index (χ4n) is 3.72. The predicted molar refractivity (Wildman–Crippen MR) is 140 cm³/mol. The zero-order valence-electron chi connectivity index (χ0n) is 20.1. The lowest BCUT2D eigenvalue weighted by Crippen LogP contribution is -2.42. The van der Waals surface area contributed by atoms with E-state index in [2.05, 4.69) is 21.5 Å². The van der Waals surface area contributed by atoms with Gasteiger partial charge in [-0.2, -0.15) is 4.72 Å². The number of aliphatic carboxylic acids is 1. The number of aromatic amines is 1. The monoisotopic (exact) mass is 518 g/mol. The molecule has 37 heavy (non-hydrogen) atoms. The minimum absolute atomic E-state index is 0.0619. The van der Waals surface area contributed by atoms with Crippen molar-refractivity contribution < 1.29 is 27.8 Å². The number of benzene rings is 3. The van der Waals surface area contributed by atoms with Crippen LogP contribution < -0.4 is 14.2 Å². The summed E-state index contributed by atoms with van der Waals surface area (Å²) in [5, 5.41) is 10.5. The van der Waals surface area contributed by atoms with Crippen LogP contribution in [-0.4, -0.2) is 37.1 Å². The van der Waals surface area contributed by atoms with Crippen molar-refractivity contribution in [2.24, 2.45) is 0 Å². The molecule has 1 heterocycles. The zero-order valence-corrected chi connectivity index (χ0v) is 20.9. The molecule has 3 aromatic carbocycles. The highest BCUT2D eigenvalue weighted by atomic mass is 32.2. The lowest BCUT2D eigenvalue weighted by molar-refractivity contribution is -0.138. The molecule has 4 aromatic rings. The smallest absolute Gasteiger partial charge is 0.322 e. The van der Waals surface area contributed by atoms with Gasteiger partial charge in [0, 0.05) is 23.5 Å². The number of aromatic nitrogens is 1. The van der Waals surface area contributed by atoms with Crippen LogP contribution >= 0.6 is 0 Å². The third-order valence-corrected chi connectivity index (χ3v) is 7.12. The van der Waals surface area contributed by atoms with Crippen LogP contribution in [0.2, 0.25) is 0 Å². The SMILES string of the molecule is CC#CCOc1ccc(S(=O)(=O)NC(Cc2c[nH]c3ccc(OCc4ccccc4)cc23)C(=O)O)cc1. The average molecular weight is 519 g/mol. The van der Waals surface area contributed by atoms with E-state index in [4.69, 9.17) is 9.47 Å². The molecule has 0 bridgehead atoms. The molecular formula is C28H26N2O6S. The lowest BCUT2D eigenvalue weighted by Gasteiger charge is -2.15. The minimum atomic E-state index is -4.10. The van der Waals surface area contributed by atoms with E-state index in [1.807, 2.05) is 48.5 Å². The van der Waals surface area contributed by atoms with Gasteiger partial charge in [0.05, 0.1) is 4.90 Å². The first kappa shape index (κ1) is 25.8. The largest absolute Gasteiger partial charge is 0.489 e.